The second-order valence-electron chi connectivity index (χ2n) is 4.35. The Labute approximate surface area is 119 Å². The average Bonchev–Trinajstić information content (AvgIpc) is 2.81. The molecule has 2 N–H and O–H groups in total. The molecule has 2 aromatic rings. The summed E-state index contributed by atoms with van der Waals surface area (Å²) in [4.78, 5) is 4.31. The minimum Gasteiger partial charge on any atom is -0.337 e. The first-order valence-corrected chi connectivity index (χ1v) is 6.70. The van der Waals surface area contributed by atoms with Gasteiger partial charge in [-0.05, 0) is 40.0 Å². The fourth-order valence-electron chi connectivity index (χ4n) is 1.41. The van der Waals surface area contributed by atoms with Gasteiger partial charge < -0.3 is 10.3 Å². The first-order valence-electron chi connectivity index (χ1n) is 5.53. The molecule has 0 saturated carbocycles. The zero-order chi connectivity index (χ0) is 13.3. The van der Waals surface area contributed by atoms with Crippen LogP contribution in [0.15, 0.2) is 27.2 Å². The smallest absolute Gasteiger partial charge is 0.244 e. The van der Waals surface area contributed by atoms with Gasteiger partial charge >= 0.3 is 0 Å². The maximum atomic E-state index is 5.96. The quantitative estimate of drug-likeness (QED) is 0.929. The van der Waals surface area contributed by atoms with Crippen LogP contribution < -0.4 is 5.73 Å². The molecule has 0 radical (unpaired) electrons. The number of halogens is 2. The van der Waals surface area contributed by atoms with E-state index in [4.69, 9.17) is 21.9 Å². The van der Waals surface area contributed by atoms with E-state index in [2.05, 4.69) is 26.1 Å². The second-order valence-corrected chi connectivity index (χ2v) is 5.62. The Morgan fingerprint density at radius 2 is 2.11 bits per heavy atom. The Morgan fingerprint density at radius 3 is 2.72 bits per heavy atom. The van der Waals surface area contributed by atoms with Crippen LogP contribution in [0.4, 0.5) is 0 Å². The molecule has 2 rings (SSSR count). The lowest BCUT2D eigenvalue weighted by atomic mass is 10.1. The van der Waals surface area contributed by atoms with E-state index in [0.717, 1.165) is 10.0 Å². The second kappa shape index (κ2) is 5.38. The lowest BCUT2D eigenvalue weighted by molar-refractivity contribution is 0.325. The summed E-state index contributed by atoms with van der Waals surface area (Å²) in [6, 6.07) is 5.21. The molecule has 1 heterocycles. The third kappa shape index (κ3) is 2.74. The van der Waals surface area contributed by atoms with Crippen molar-refractivity contribution in [3.8, 4) is 11.4 Å². The Hall–Kier alpha value is -0.910. The number of hydrogen-bond donors (Lipinski definition) is 1. The first kappa shape index (κ1) is 13.5. The summed E-state index contributed by atoms with van der Waals surface area (Å²) in [7, 11) is 0. The molecular formula is C12H13BrClN3O. The first-order chi connectivity index (χ1) is 8.49. The summed E-state index contributed by atoms with van der Waals surface area (Å²) in [5.74, 6) is 1.21. The molecule has 1 unspecified atom stereocenters. The zero-order valence-corrected chi connectivity index (χ0v) is 12.4. The van der Waals surface area contributed by atoms with Crippen LogP contribution in [0.3, 0.4) is 0 Å². The molecule has 0 bridgehead atoms. The minimum absolute atomic E-state index is 0.246. The molecule has 0 aliphatic rings. The van der Waals surface area contributed by atoms with Gasteiger partial charge in [-0.1, -0.05) is 30.6 Å². The summed E-state index contributed by atoms with van der Waals surface area (Å²) in [5.41, 5.74) is 6.79. The van der Waals surface area contributed by atoms with E-state index in [0.29, 0.717) is 16.7 Å². The van der Waals surface area contributed by atoms with Gasteiger partial charge in [0, 0.05) is 10.0 Å². The van der Waals surface area contributed by atoms with Crippen molar-refractivity contribution in [1.29, 1.82) is 0 Å². The van der Waals surface area contributed by atoms with Crippen molar-refractivity contribution < 1.29 is 4.52 Å². The highest BCUT2D eigenvalue weighted by Crippen LogP contribution is 2.28. The van der Waals surface area contributed by atoms with Gasteiger partial charge in [0.05, 0.1) is 11.1 Å². The fourth-order valence-corrected chi connectivity index (χ4v) is 1.90. The van der Waals surface area contributed by atoms with Crippen molar-refractivity contribution in [1.82, 2.24) is 10.1 Å². The predicted molar refractivity (Wildman–Crippen MR) is 74.2 cm³/mol. The van der Waals surface area contributed by atoms with Crippen LogP contribution in [-0.4, -0.2) is 10.1 Å². The number of nitrogens with zero attached hydrogens (tertiary/aromatic N) is 2. The van der Waals surface area contributed by atoms with Crippen LogP contribution in [0.1, 0.15) is 25.8 Å². The monoisotopic (exact) mass is 329 g/mol. The van der Waals surface area contributed by atoms with Crippen molar-refractivity contribution in [2.75, 3.05) is 0 Å². The molecule has 0 spiro atoms. The van der Waals surface area contributed by atoms with Crippen molar-refractivity contribution in [3.05, 3.63) is 33.6 Å². The van der Waals surface area contributed by atoms with Crippen molar-refractivity contribution in [3.63, 3.8) is 0 Å². The average molecular weight is 331 g/mol. The summed E-state index contributed by atoms with van der Waals surface area (Å²) < 4.78 is 5.97. The fraction of sp³-hybridized carbons (Fsp3) is 0.333. The standard InChI is InChI=1S/C12H13BrClN3O/c1-6(2)10(15)12-16-11(17-18-12)7-3-4-9(14)8(13)5-7/h3-6,10H,15H2,1-2H3. The van der Waals surface area contributed by atoms with E-state index in [-0.39, 0.29) is 12.0 Å². The Kier molecular flexibility index (Phi) is 4.04. The van der Waals surface area contributed by atoms with Gasteiger partial charge in [0.2, 0.25) is 11.7 Å². The topological polar surface area (TPSA) is 64.9 Å². The molecule has 0 saturated heterocycles. The van der Waals surface area contributed by atoms with E-state index in [1.807, 2.05) is 26.0 Å². The van der Waals surface area contributed by atoms with Gasteiger partial charge in [-0.15, -0.1) is 0 Å². The van der Waals surface area contributed by atoms with Gasteiger partial charge in [-0.3, -0.25) is 0 Å². The highest BCUT2D eigenvalue weighted by Gasteiger charge is 2.18. The van der Waals surface area contributed by atoms with Crippen molar-refractivity contribution in [2.24, 2.45) is 11.7 Å². The lowest BCUT2D eigenvalue weighted by Crippen LogP contribution is -2.16. The van der Waals surface area contributed by atoms with E-state index in [1.165, 1.54) is 0 Å². The Bertz CT molecular complexity index is 556. The Morgan fingerprint density at radius 1 is 1.39 bits per heavy atom. The largest absolute Gasteiger partial charge is 0.337 e. The summed E-state index contributed by atoms with van der Waals surface area (Å²) >= 11 is 9.29. The maximum Gasteiger partial charge on any atom is 0.244 e. The summed E-state index contributed by atoms with van der Waals surface area (Å²) in [6.07, 6.45) is 0. The number of aromatic nitrogens is 2. The van der Waals surface area contributed by atoms with E-state index in [1.54, 1.807) is 6.07 Å². The van der Waals surface area contributed by atoms with Gasteiger partial charge in [0.25, 0.3) is 0 Å². The van der Waals surface area contributed by atoms with Crippen molar-refractivity contribution in [2.45, 2.75) is 19.9 Å². The number of nitrogens with two attached hydrogens (primary N) is 1. The highest BCUT2D eigenvalue weighted by atomic mass is 79.9. The molecule has 0 amide bonds. The number of rotatable bonds is 3. The van der Waals surface area contributed by atoms with E-state index in [9.17, 15) is 0 Å². The van der Waals surface area contributed by atoms with Crippen LogP contribution in [0.2, 0.25) is 5.02 Å². The number of benzene rings is 1. The van der Waals surface area contributed by atoms with Crippen LogP contribution >= 0.6 is 27.5 Å². The molecule has 1 aromatic carbocycles. The molecule has 1 aromatic heterocycles. The molecular weight excluding hydrogens is 318 g/mol. The van der Waals surface area contributed by atoms with Crippen molar-refractivity contribution >= 4 is 27.5 Å². The molecule has 1 atom stereocenters. The van der Waals surface area contributed by atoms with Gasteiger partial charge in [-0.2, -0.15) is 4.98 Å². The van der Waals surface area contributed by atoms with Crippen LogP contribution in [-0.2, 0) is 0 Å². The predicted octanol–water partition coefficient (Wildman–Crippen LogP) is 3.81. The minimum atomic E-state index is -0.248. The SMILES string of the molecule is CC(C)C(N)c1nc(-c2ccc(Cl)c(Br)c2)no1. The molecule has 0 aliphatic heterocycles. The normalized spacial score (nSPS) is 13.0. The summed E-state index contributed by atoms with van der Waals surface area (Å²) in [6.45, 7) is 4.01. The molecule has 4 nitrogen and oxygen atoms in total. The zero-order valence-electron chi connectivity index (χ0n) is 10.0. The van der Waals surface area contributed by atoms with Gasteiger partial charge in [-0.25, -0.2) is 0 Å². The van der Waals surface area contributed by atoms with Crippen LogP contribution in [0, 0.1) is 5.92 Å². The van der Waals surface area contributed by atoms with Crippen LogP contribution in [0.5, 0.6) is 0 Å². The molecule has 18 heavy (non-hydrogen) atoms. The third-order valence-electron chi connectivity index (χ3n) is 2.62. The molecule has 0 aliphatic carbocycles. The third-order valence-corrected chi connectivity index (χ3v) is 3.84. The molecule has 6 heteroatoms. The highest BCUT2D eigenvalue weighted by molar-refractivity contribution is 9.10. The van der Waals surface area contributed by atoms with E-state index < -0.39 is 0 Å². The van der Waals surface area contributed by atoms with Crippen LogP contribution in [0.25, 0.3) is 11.4 Å². The summed E-state index contributed by atoms with van der Waals surface area (Å²) in [5, 5.41) is 4.57. The van der Waals surface area contributed by atoms with E-state index >= 15 is 0 Å². The maximum absolute atomic E-state index is 5.96. The molecule has 96 valence electrons. The van der Waals surface area contributed by atoms with Gasteiger partial charge in [0.1, 0.15) is 0 Å². The Balaban J connectivity index is 2.32. The van der Waals surface area contributed by atoms with Gasteiger partial charge in [0.15, 0.2) is 0 Å². The number of hydrogen-bond acceptors (Lipinski definition) is 4. The lowest BCUT2D eigenvalue weighted by Gasteiger charge is -2.09. The molecule has 0 fully saturated rings.